The lowest BCUT2D eigenvalue weighted by Gasteiger charge is -2.20. The van der Waals surface area contributed by atoms with Crippen LogP contribution in [-0.2, 0) is 14.8 Å². The second-order valence-electron chi connectivity index (χ2n) is 5.29. The van der Waals surface area contributed by atoms with Crippen LogP contribution in [0.4, 0.5) is 10.5 Å². The maximum atomic E-state index is 11.8. The smallest absolute Gasteiger partial charge is 0.412 e. The number of alkyl halides is 1. The molecule has 0 aromatic carbocycles. The summed E-state index contributed by atoms with van der Waals surface area (Å²) >= 11 is 3.34. The van der Waals surface area contributed by atoms with Crippen molar-refractivity contribution in [3.05, 3.63) is 17.8 Å². The molecular formula is C14H21BrN2O4. The summed E-state index contributed by atoms with van der Waals surface area (Å²) in [7, 11) is 1.60. The molecular weight excluding hydrogens is 340 g/mol. The molecule has 0 aliphatic heterocycles. The molecule has 0 bridgehead atoms. The monoisotopic (exact) mass is 360 g/mol. The molecule has 1 aromatic rings. The first-order chi connectivity index (χ1) is 9.84. The zero-order chi connectivity index (χ0) is 15.9. The summed E-state index contributed by atoms with van der Waals surface area (Å²) in [6.07, 6.45) is -0.517. The number of hydrogen-bond acceptors (Lipinski definition) is 5. The Kier molecular flexibility index (Phi) is 6.91. The van der Waals surface area contributed by atoms with Gasteiger partial charge in [-0.15, -0.1) is 0 Å². The van der Waals surface area contributed by atoms with Gasteiger partial charge in [0.15, 0.2) is 0 Å². The predicted molar refractivity (Wildman–Crippen MR) is 84.1 cm³/mol. The lowest BCUT2D eigenvalue weighted by atomic mass is 10.2. The average Bonchev–Trinajstić information content (AvgIpc) is 2.36. The molecule has 7 heteroatoms. The van der Waals surface area contributed by atoms with E-state index >= 15 is 0 Å². The Morgan fingerprint density at radius 2 is 2.05 bits per heavy atom. The lowest BCUT2D eigenvalue weighted by molar-refractivity contribution is 0.0636. The van der Waals surface area contributed by atoms with Crippen LogP contribution in [0, 0.1) is 0 Å². The van der Waals surface area contributed by atoms with E-state index in [4.69, 9.17) is 14.2 Å². The van der Waals surface area contributed by atoms with Gasteiger partial charge in [0.25, 0.3) is 0 Å². The van der Waals surface area contributed by atoms with Crippen molar-refractivity contribution in [2.45, 2.75) is 31.7 Å². The van der Waals surface area contributed by atoms with Gasteiger partial charge in [0.05, 0.1) is 18.0 Å². The summed E-state index contributed by atoms with van der Waals surface area (Å²) in [4.78, 5) is 16.1. The Labute approximate surface area is 133 Å². The Morgan fingerprint density at radius 1 is 1.33 bits per heavy atom. The van der Waals surface area contributed by atoms with Crippen molar-refractivity contribution in [3.63, 3.8) is 0 Å². The molecule has 118 valence electrons. The maximum absolute atomic E-state index is 11.8. The Bertz CT molecular complexity index is 475. The molecule has 0 saturated carbocycles. The number of anilines is 1. The van der Waals surface area contributed by atoms with Gasteiger partial charge in [-0.1, -0.05) is 15.9 Å². The van der Waals surface area contributed by atoms with E-state index in [0.29, 0.717) is 30.1 Å². The van der Waals surface area contributed by atoms with Crippen molar-refractivity contribution in [2.75, 3.05) is 25.6 Å². The number of carbonyl (C=O) groups is 1. The highest BCUT2D eigenvalue weighted by Crippen LogP contribution is 2.20. The molecule has 1 N–H and O–H groups in total. The fraction of sp³-hybridized carbons (Fsp3) is 0.571. The number of aromatic nitrogens is 1. The molecule has 1 heterocycles. The molecule has 0 atom stereocenters. The fourth-order valence-corrected chi connectivity index (χ4v) is 1.71. The number of hydrogen-bond donors (Lipinski definition) is 1. The van der Waals surface area contributed by atoms with Crippen molar-refractivity contribution in [3.8, 4) is 5.88 Å². The van der Waals surface area contributed by atoms with Gasteiger partial charge >= 0.3 is 6.09 Å². The first-order valence-corrected chi connectivity index (χ1v) is 7.65. The highest BCUT2D eigenvalue weighted by molar-refractivity contribution is 9.08. The first kappa shape index (κ1) is 17.7. The highest BCUT2D eigenvalue weighted by atomic mass is 79.9. The Hall–Kier alpha value is -1.34. The van der Waals surface area contributed by atoms with Gasteiger partial charge in [0.2, 0.25) is 5.88 Å². The van der Waals surface area contributed by atoms with Crippen LogP contribution in [0.3, 0.4) is 0 Å². The number of rotatable bonds is 6. The number of methoxy groups -OCH3 is 1. The van der Waals surface area contributed by atoms with E-state index in [9.17, 15) is 4.79 Å². The van der Waals surface area contributed by atoms with Crippen molar-refractivity contribution in [1.29, 1.82) is 0 Å². The predicted octanol–water partition coefficient (Wildman–Crippen LogP) is 3.35. The molecule has 1 aromatic heterocycles. The van der Waals surface area contributed by atoms with Crippen molar-refractivity contribution >= 4 is 27.7 Å². The molecule has 0 spiro atoms. The number of carbonyl (C=O) groups excluding carboxylic acids is 1. The molecule has 1 amide bonds. The van der Waals surface area contributed by atoms with Crippen LogP contribution >= 0.6 is 15.9 Å². The maximum Gasteiger partial charge on any atom is 0.412 e. The van der Waals surface area contributed by atoms with Crippen LogP contribution in [0.1, 0.15) is 26.5 Å². The van der Waals surface area contributed by atoms with Crippen molar-refractivity contribution < 1.29 is 19.0 Å². The van der Waals surface area contributed by atoms with Gasteiger partial charge in [0.1, 0.15) is 12.2 Å². The van der Waals surface area contributed by atoms with Gasteiger partial charge in [0, 0.05) is 18.5 Å². The Balaban J connectivity index is 2.76. The number of ether oxygens (including phenoxy) is 3. The zero-order valence-corrected chi connectivity index (χ0v) is 14.3. The van der Waals surface area contributed by atoms with Crippen molar-refractivity contribution in [1.82, 2.24) is 4.98 Å². The van der Waals surface area contributed by atoms with Gasteiger partial charge in [-0.25, -0.2) is 9.78 Å². The molecule has 0 saturated heterocycles. The normalized spacial score (nSPS) is 11.1. The van der Waals surface area contributed by atoms with Crippen LogP contribution in [0.2, 0.25) is 0 Å². The summed E-state index contributed by atoms with van der Waals surface area (Å²) in [6.45, 7) is 6.28. The van der Waals surface area contributed by atoms with Gasteiger partial charge in [-0.05, 0) is 26.8 Å². The molecule has 21 heavy (non-hydrogen) atoms. The van der Waals surface area contributed by atoms with Crippen LogP contribution < -0.4 is 10.1 Å². The SMILES string of the molecule is COCCOc1cc(NC(=O)OC(C)(C)C)cc(CBr)n1. The molecule has 6 nitrogen and oxygen atoms in total. The second-order valence-corrected chi connectivity index (χ2v) is 5.85. The minimum Gasteiger partial charge on any atom is -0.475 e. The summed E-state index contributed by atoms with van der Waals surface area (Å²) in [5.41, 5.74) is 0.768. The number of amides is 1. The largest absolute Gasteiger partial charge is 0.475 e. The molecule has 0 unspecified atom stereocenters. The fourth-order valence-electron chi connectivity index (χ4n) is 1.43. The average molecular weight is 361 g/mol. The third-order valence-electron chi connectivity index (χ3n) is 2.17. The zero-order valence-electron chi connectivity index (χ0n) is 12.7. The highest BCUT2D eigenvalue weighted by Gasteiger charge is 2.16. The van der Waals surface area contributed by atoms with E-state index in [1.54, 1.807) is 19.2 Å². The summed E-state index contributed by atoms with van der Waals surface area (Å²) < 4.78 is 15.6. The van der Waals surface area contributed by atoms with Crippen LogP contribution in [0.15, 0.2) is 12.1 Å². The van der Waals surface area contributed by atoms with E-state index in [1.165, 1.54) is 0 Å². The van der Waals surface area contributed by atoms with E-state index in [1.807, 2.05) is 20.8 Å². The number of nitrogens with one attached hydrogen (secondary N) is 1. The van der Waals surface area contributed by atoms with Crippen LogP contribution in [-0.4, -0.2) is 37.0 Å². The third kappa shape index (κ3) is 7.29. The minimum atomic E-state index is -0.548. The summed E-state index contributed by atoms with van der Waals surface area (Å²) in [6, 6.07) is 3.40. The molecule has 1 rings (SSSR count). The van der Waals surface area contributed by atoms with Crippen LogP contribution in [0.5, 0.6) is 5.88 Å². The number of nitrogens with zero attached hydrogens (tertiary/aromatic N) is 1. The van der Waals surface area contributed by atoms with Gasteiger partial charge in [-0.3, -0.25) is 5.32 Å². The molecule has 0 fully saturated rings. The van der Waals surface area contributed by atoms with Gasteiger partial charge < -0.3 is 14.2 Å². The third-order valence-corrected chi connectivity index (χ3v) is 2.75. The van der Waals surface area contributed by atoms with E-state index < -0.39 is 11.7 Å². The topological polar surface area (TPSA) is 69.7 Å². The standard InChI is InChI=1S/C14H21BrN2O4/c1-14(2,3)21-13(18)17-10-7-11(9-15)16-12(8-10)20-6-5-19-4/h7-8H,5-6,9H2,1-4H3,(H,16,17,18). The molecule has 0 aliphatic rings. The number of pyridine rings is 1. The number of halogens is 1. The van der Waals surface area contributed by atoms with E-state index in [0.717, 1.165) is 5.69 Å². The van der Waals surface area contributed by atoms with Gasteiger partial charge in [-0.2, -0.15) is 0 Å². The molecule has 0 aliphatic carbocycles. The van der Waals surface area contributed by atoms with Crippen molar-refractivity contribution in [2.24, 2.45) is 0 Å². The van der Waals surface area contributed by atoms with E-state index in [-0.39, 0.29) is 0 Å². The first-order valence-electron chi connectivity index (χ1n) is 6.52. The second kappa shape index (κ2) is 8.19. The molecule has 0 radical (unpaired) electrons. The van der Waals surface area contributed by atoms with Crippen LogP contribution in [0.25, 0.3) is 0 Å². The van der Waals surface area contributed by atoms with E-state index in [2.05, 4.69) is 26.2 Å². The Morgan fingerprint density at radius 3 is 2.62 bits per heavy atom. The quantitative estimate of drug-likeness (QED) is 0.622. The minimum absolute atomic E-state index is 0.390. The summed E-state index contributed by atoms with van der Waals surface area (Å²) in [5, 5.41) is 3.22. The summed E-state index contributed by atoms with van der Waals surface area (Å²) in [5.74, 6) is 0.426. The lowest BCUT2D eigenvalue weighted by Crippen LogP contribution is -2.27.